The van der Waals surface area contributed by atoms with Crippen LogP contribution >= 0.6 is 23.1 Å². The van der Waals surface area contributed by atoms with Gasteiger partial charge in [-0.05, 0) is 12.5 Å². The highest BCUT2D eigenvalue weighted by atomic mass is 32.2. The number of hydrogen-bond donors (Lipinski definition) is 1. The molecule has 0 spiro atoms. The highest BCUT2D eigenvalue weighted by Gasteiger charge is 2.19. The minimum atomic E-state index is -0.457. The number of rotatable bonds is 9. The largest absolute Gasteiger partial charge is 0.465 e. The Morgan fingerprint density at radius 3 is 2.78 bits per heavy atom. The van der Waals surface area contributed by atoms with Gasteiger partial charge in [0, 0.05) is 17.3 Å². The lowest BCUT2D eigenvalue weighted by Crippen LogP contribution is -2.16. The molecule has 1 N–H and O–H groups in total. The third-order valence-corrected chi connectivity index (χ3v) is 5.86. The molecule has 0 unspecified atom stereocenters. The van der Waals surface area contributed by atoms with E-state index in [0.29, 0.717) is 22.3 Å². The first-order valence-corrected chi connectivity index (χ1v) is 10.4. The Hall–Kier alpha value is -2.13. The van der Waals surface area contributed by atoms with Crippen LogP contribution in [0.1, 0.15) is 47.7 Å². The maximum atomic E-state index is 12.4. The van der Waals surface area contributed by atoms with E-state index < -0.39 is 5.97 Å². The molecule has 2 aromatic rings. The van der Waals surface area contributed by atoms with Crippen LogP contribution in [0.25, 0.3) is 0 Å². The van der Waals surface area contributed by atoms with E-state index in [-0.39, 0.29) is 17.6 Å². The minimum Gasteiger partial charge on any atom is -0.465 e. The summed E-state index contributed by atoms with van der Waals surface area (Å²) in [5.41, 5.74) is 0.384. The molecule has 0 aliphatic rings. The van der Waals surface area contributed by atoms with Gasteiger partial charge in [-0.2, -0.15) is 0 Å². The van der Waals surface area contributed by atoms with Gasteiger partial charge in [0.2, 0.25) is 5.91 Å². The van der Waals surface area contributed by atoms with E-state index in [1.54, 1.807) is 12.1 Å². The van der Waals surface area contributed by atoms with Gasteiger partial charge in [-0.1, -0.05) is 38.6 Å². The second-order valence-electron chi connectivity index (χ2n) is 6.03. The number of ether oxygens (including phenoxy) is 1. The zero-order valence-corrected chi connectivity index (χ0v) is 17.6. The van der Waals surface area contributed by atoms with E-state index in [1.807, 2.05) is 25.3 Å². The molecule has 0 aromatic carbocycles. The van der Waals surface area contributed by atoms with E-state index in [2.05, 4.69) is 22.1 Å². The zero-order valence-electron chi connectivity index (χ0n) is 15.9. The SMILES string of the molecule is C=CCn1c(SCC(=O)Nc2sc(CC)cc2C(=O)OC)nnc1C(C)C. The molecule has 27 heavy (non-hydrogen) atoms. The molecule has 9 heteroatoms. The first-order chi connectivity index (χ1) is 12.9. The predicted octanol–water partition coefficient (Wildman–Crippen LogP) is 3.73. The number of thioether (sulfide) groups is 1. The Morgan fingerprint density at radius 2 is 2.19 bits per heavy atom. The molecule has 0 saturated heterocycles. The molecule has 7 nitrogen and oxygen atoms in total. The van der Waals surface area contributed by atoms with Gasteiger partial charge in [0.1, 0.15) is 10.8 Å². The third kappa shape index (κ3) is 5.20. The first-order valence-electron chi connectivity index (χ1n) is 8.58. The smallest absolute Gasteiger partial charge is 0.340 e. The maximum absolute atomic E-state index is 12.4. The number of amides is 1. The van der Waals surface area contributed by atoms with Crippen molar-refractivity contribution in [2.24, 2.45) is 0 Å². The molecule has 0 fully saturated rings. The fourth-order valence-corrected chi connectivity index (χ4v) is 4.15. The summed E-state index contributed by atoms with van der Waals surface area (Å²) in [4.78, 5) is 25.3. The molecular formula is C18H24N4O3S2. The second kappa shape index (κ2) is 9.70. The number of esters is 1. The number of methoxy groups -OCH3 is 1. The number of aryl methyl sites for hydroxylation is 1. The van der Waals surface area contributed by atoms with Crippen molar-refractivity contribution in [2.45, 2.75) is 44.8 Å². The lowest BCUT2D eigenvalue weighted by Gasteiger charge is -2.09. The molecular weight excluding hydrogens is 384 g/mol. The van der Waals surface area contributed by atoms with E-state index >= 15 is 0 Å². The number of aromatic nitrogens is 3. The van der Waals surface area contributed by atoms with Crippen molar-refractivity contribution in [2.75, 3.05) is 18.2 Å². The Labute approximate surface area is 167 Å². The van der Waals surface area contributed by atoms with Crippen LogP contribution in [-0.2, 0) is 22.5 Å². The molecule has 146 valence electrons. The van der Waals surface area contributed by atoms with Crippen LogP contribution in [0.4, 0.5) is 5.00 Å². The van der Waals surface area contributed by atoms with E-state index in [0.717, 1.165) is 17.1 Å². The molecule has 0 atom stereocenters. The van der Waals surface area contributed by atoms with Crippen molar-refractivity contribution in [3.05, 3.63) is 35.0 Å². The molecule has 0 aliphatic heterocycles. The van der Waals surface area contributed by atoms with Gasteiger partial charge < -0.3 is 14.6 Å². The third-order valence-electron chi connectivity index (χ3n) is 3.70. The summed E-state index contributed by atoms with van der Waals surface area (Å²) in [5, 5.41) is 12.4. The van der Waals surface area contributed by atoms with Gasteiger partial charge in [0.15, 0.2) is 5.16 Å². The molecule has 1 amide bonds. The number of nitrogens with zero attached hydrogens (tertiary/aromatic N) is 3. The van der Waals surface area contributed by atoms with Crippen LogP contribution in [0, 0.1) is 0 Å². The van der Waals surface area contributed by atoms with Gasteiger partial charge in [-0.25, -0.2) is 4.79 Å². The average molecular weight is 409 g/mol. The van der Waals surface area contributed by atoms with Crippen LogP contribution in [-0.4, -0.2) is 39.5 Å². The van der Waals surface area contributed by atoms with Gasteiger partial charge in [-0.15, -0.1) is 28.1 Å². The van der Waals surface area contributed by atoms with Crippen molar-refractivity contribution in [1.82, 2.24) is 14.8 Å². The summed E-state index contributed by atoms with van der Waals surface area (Å²) in [7, 11) is 1.33. The molecule has 0 bridgehead atoms. The van der Waals surface area contributed by atoms with Crippen molar-refractivity contribution in [3.8, 4) is 0 Å². The Bertz CT molecular complexity index is 827. The van der Waals surface area contributed by atoms with Gasteiger partial charge in [-0.3, -0.25) is 4.79 Å². The van der Waals surface area contributed by atoms with Gasteiger partial charge in [0.25, 0.3) is 0 Å². The monoisotopic (exact) mass is 408 g/mol. The minimum absolute atomic E-state index is 0.160. The first kappa shape index (κ1) is 21.2. The van der Waals surface area contributed by atoms with E-state index in [9.17, 15) is 9.59 Å². The fraction of sp³-hybridized carbons (Fsp3) is 0.444. The Kier molecular flexibility index (Phi) is 7.61. The number of allylic oxidation sites excluding steroid dienone is 1. The summed E-state index contributed by atoms with van der Waals surface area (Å²) < 4.78 is 6.75. The molecule has 2 aromatic heterocycles. The lowest BCUT2D eigenvalue weighted by molar-refractivity contribution is -0.113. The van der Waals surface area contributed by atoms with Crippen LogP contribution in [0.15, 0.2) is 23.9 Å². The van der Waals surface area contributed by atoms with Crippen molar-refractivity contribution in [1.29, 1.82) is 0 Å². The zero-order chi connectivity index (χ0) is 20.0. The van der Waals surface area contributed by atoms with Crippen LogP contribution in [0.3, 0.4) is 0 Å². The predicted molar refractivity (Wildman–Crippen MR) is 109 cm³/mol. The lowest BCUT2D eigenvalue weighted by atomic mass is 10.2. The van der Waals surface area contributed by atoms with Crippen LogP contribution in [0.5, 0.6) is 0 Å². The van der Waals surface area contributed by atoms with Crippen molar-refractivity contribution in [3.63, 3.8) is 0 Å². The normalized spacial score (nSPS) is 10.9. The standard InChI is InChI=1S/C18H24N4O3S2/c1-6-8-22-15(11(3)4)20-21-18(22)26-10-14(23)19-16-13(17(24)25-5)9-12(7-2)27-16/h6,9,11H,1,7-8,10H2,2-5H3,(H,19,23). The van der Waals surface area contributed by atoms with Gasteiger partial charge in [0.05, 0.1) is 18.4 Å². The summed E-state index contributed by atoms with van der Waals surface area (Å²) in [6.45, 7) is 10.4. The molecule has 0 saturated carbocycles. The number of hydrogen-bond acceptors (Lipinski definition) is 7. The summed E-state index contributed by atoms with van der Waals surface area (Å²) in [6.07, 6.45) is 2.56. The number of anilines is 1. The summed E-state index contributed by atoms with van der Waals surface area (Å²) in [6, 6.07) is 1.76. The maximum Gasteiger partial charge on any atom is 0.340 e. The number of carbonyl (C=O) groups is 2. The number of nitrogens with one attached hydrogen (secondary N) is 1. The average Bonchev–Trinajstić information content (AvgIpc) is 3.23. The van der Waals surface area contributed by atoms with E-state index in [1.165, 1.54) is 30.2 Å². The fourth-order valence-electron chi connectivity index (χ4n) is 2.40. The Balaban J connectivity index is 2.08. The second-order valence-corrected chi connectivity index (χ2v) is 8.11. The number of carbonyl (C=O) groups excluding carboxylic acids is 2. The molecule has 0 radical (unpaired) electrons. The summed E-state index contributed by atoms with van der Waals surface area (Å²) >= 11 is 2.69. The van der Waals surface area contributed by atoms with Crippen LogP contribution in [0.2, 0.25) is 0 Å². The summed E-state index contributed by atoms with van der Waals surface area (Å²) in [5.74, 6) is 0.571. The van der Waals surface area contributed by atoms with E-state index in [4.69, 9.17) is 4.74 Å². The van der Waals surface area contributed by atoms with Crippen LogP contribution < -0.4 is 5.32 Å². The van der Waals surface area contributed by atoms with Gasteiger partial charge >= 0.3 is 5.97 Å². The van der Waals surface area contributed by atoms with Crippen molar-refractivity contribution >= 4 is 40.0 Å². The number of thiophene rings is 1. The molecule has 2 rings (SSSR count). The Morgan fingerprint density at radius 1 is 1.44 bits per heavy atom. The quantitative estimate of drug-likeness (QED) is 0.387. The van der Waals surface area contributed by atoms with Crippen molar-refractivity contribution < 1.29 is 14.3 Å². The highest BCUT2D eigenvalue weighted by molar-refractivity contribution is 7.99. The highest BCUT2D eigenvalue weighted by Crippen LogP contribution is 2.30. The molecule has 0 aliphatic carbocycles. The molecule has 2 heterocycles. The topological polar surface area (TPSA) is 86.1 Å².